The van der Waals surface area contributed by atoms with Gasteiger partial charge in [-0.3, -0.25) is 0 Å². The Bertz CT molecular complexity index is 223. The molecule has 0 nitrogen and oxygen atoms in total. The fourth-order valence-electron chi connectivity index (χ4n) is 0.738. The summed E-state index contributed by atoms with van der Waals surface area (Å²) in [6, 6.07) is 0. The van der Waals surface area contributed by atoms with Crippen molar-refractivity contribution in [3.63, 3.8) is 0 Å². The van der Waals surface area contributed by atoms with Crippen LogP contribution in [0.15, 0.2) is 34.1 Å². The van der Waals surface area contributed by atoms with Crippen LogP contribution in [-0.2, 0) is 0 Å². The number of halogens is 2. The first-order valence-electron chi connectivity index (χ1n) is 3.09. The molecule has 0 atom stereocenters. The van der Waals surface area contributed by atoms with Gasteiger partial charge in [-0.25, -0.2) is 4.39 Å². The van der Waals surface area contributed by atoms with Crippen molar-refractivity contribution in [2.24, 2.45) is 0 Å². The van der Waals surface area contributed by atoms with Crippen LogP contribution in [0.3, 0.4) is 0 Å². The standard InChI is InChI=1S/C8H8BrF/c1-6-3-2-4-7(9)5-8(6)10/h2,4-5H,3H2,1H3. The second-order valence-electron chi connectivity index (χ2n) is 2.26. The van der Waals surface area contributed by atoms with E-state index in [2.05, 4.69) is 15.9 Å². The minimum absolute atomic E-state index is 0.128. The van der Waals surface area contributed by atoms with Crippen molar-refractivity contribution >= 4 is 15.9 Å². The molecule has 0 aromatic rings. The molecule has 0 aromatic heterocycles. The fraction of sp³-hybridized carbons (Fsp3) is 0.250. The van der Waals surface area contributed by atoms with E-state index in [0.717, 1.165) is 10.1 Å². The third-order valence-electron chi connectivity index (χ3n) is 1.37. The summed E-state index contributed by atoms with van der Waals surface area (Å²) in [6.07, 6.45) is 5.98. The first kappa shape index (κ1) is 7.73. The predicted octanol–water partition coefficient (Wildman–Crippen LogP) is 3.47. The minimum Gasteiger partial charge on any atom is -0.207 e. The third kappa shape index (κ3) is 1.81. The molecule has 0 bridgehead atoms. The van der Waals surface area contributed by atoms with Crippen molar-refractivity contribution in [3.8, 4) is 0 Å². The molecule has 1 rings (SSSR count). The fourth-order valence-corrected chi connectivity index (χ4v) is 1.13. The van der Waals surface area contributed by atoms with Crippen molar-refractivity contribution in [1.29, 1.82) is 0 Å². The molecule has 0 N–H and O–H groups in total. The van der Waals surface area contributed by atoms with E-state index in [1.54, 1.807) is 6.92 Å². The number of allylic oxidation sites excluding steroid dienone is 6. The zero-order valence-corrected chi connectivity index (χ0v) is 7.28. The zero-order valence-electron chi connectivity index (χ0n) is 5.70. The van der Waals surface area contributed by atoms with Crippen LogP contribution in [0.4, 0.5) is 4.39 Å². The molecule has 0 heterocycles. The predicted molar refractivity (Wildman–Crippen MR) is 44.6 cm³/mol. The Labute approximate surface area is 68.3 Å². The molecule has 10 heavy (non-hydrogen) atoms. The summed E-state index contributed by atoms with van der Waals surface area (Å²) in [5.74, 6) is -0.128. The first-order chi connectivity index (χ1) is 4.70. The maximum absolute atomic E-state index is 12.8. The molecule has 0 spiro atoms. The largest absolute Gasteiger partial charge is 0.207 e. The summed E-state index contributed by atoms with van der Waals surface area (Å²) < 4.78 is 13.6. The highest BCUT2D eigenvalue weighted by Crippen LogP contribution is 2.21. The van der Waals surface area contributed by atoms with E-state index in [0.29, 0.717) is 6.42 Å². The van der Waals surface area contributed by atoms with E-state index in [4.69, 9.17) is 0 Å². The molecule has 0 saturated carbocycles. The highest BCUT2D eigenvalue weighted by atomic mass is 79.9. The molecule has 1 aliphatic carbocycles. The molecule has 0 radical (unpaired) electrons. The minimum atomic E-state index is -0.128. The highest BCUT2D eigenvalue weighted by molar-refractivity contribution is 9.11. The Balaban J connectivity index is 2.96. The Morgan fingerprint density at radius 3 is 3.00 bits per heavy atom. The van der Waals surface area contributed by atoms with Crippen molar-refractivity contribution in [2.75, 3.05) is 0 Å². The molecule has 2 heteroatoms. The smallest absolute Gasteiger partial charge is 0.123 e. The van der Waals surface area contributed by atoms with Crippen molar-refractivity contribution < 1.29 is 4.39 Å². The van der Waals surface area contributed by atoms with Crippen LogP contribution < -0.4 is 0 Å². The second-order valence-corrected chi connectivity index (χ2v) is 3.18. The van der Waals surface area contributed by atoms with Crippen LogP contribution in [0.1, 0.15) is 13.3 Å². The van der Waals surface area contributed by atoms with Crippen LogP contribution in [0.5, 0.6) is 0 Å². The molecule has 54 valence electrons. The average molecular weight is 203 g/mol. The van der Waals surface area contributed by atoms with Crippen LogP contribution in [-0.4, -0.2) is 0 Å². The van der Waals surface area contributed by atoms with E-state index in [1.807, 2.05) is 12.2 Å². The Morgan fingerprint density at radius 2 is 2.30 bits per heavy atom. The van der Waals surface area contributed by atoms with Crippen LogP contribution in [0.25, 0.3) is 0 Å². The molecule has 0 unspecified atom stereocenters. The molecular formula is C8H8BrF. The van der Waals surface area contributed by atoms with Gasteiger partial charge in [0.2, 0.25) is 0 Å². The van der Waals surface area contributed by atoms with Crippen LogP contribution in [0.2, 0.25) is 0 Å². The van der Waals surface area contributed by atoms with E-state index >= 15 is 0 Å². The first-order valence-corrected chi connectivity index (χ1v) is 3.88. The van der Waals surface area contributed by atoms with Crippen molar-refractivity contribution in [1.82, 2.24) is 0 Å². The molecule has 0 aromatic carbocycles. The third-order valence-corrected chi connectivity index (χ3v) is 1.87. The van der Waals surface area contributed by atoms with Gasteiger partial charge in [0.25, 0.3) is 0 Å². The van der Waals surface area contributed by atoms with Crippen LogP contribution in [0, 0.1) is 0 Å². The van der Waals surface area contributed by atoms with Gasteiger partial charge in [0.05, 0.1) is 0 Å². The van der Waals surface area contributed by atoms with E-state index in [-0.39, 0.29) is 5.83 Å². The monoisotopic (exact) mass is 202 g/mol. The topological polar surface area (TPSA) is 0 Å². The number of hydrogen-bond donors (Lipinski definition) is 0. The molecular weight excluding hydrogens is 195 g/mol. The van der Waals surface area contributed by atoms with Gasteiger partial charge in [-0.05, 0) is 25.0 Å². The van der Waals surface area contributed by atoms with Crippen molar-refractivity contribution in [2.45, 2.75) is 13.3 Å². The van der Waals surface area contributed by atoms with E-state index < -0.39 is 0 Å². The summed E-state index contributed by atoms with van der Waals surface area (Å²) in [5.41, 5.74) is 0.783. The summed E-state index contributed by atoms with van der Waals surface area (Å²) in [5, 5.41) is 0. The van der Waals surface area contributed by atoms with Gasteiger partial charge in [0.15, 0.2) is 0 Å². The maximum atomic E-state index is 12.8. The summed E-state index contributed by atoms with van der Waals surface area (Å²) in [7, 11) is 0. The lowest BCUT2D eigenvalue weighted by atomic mass is 10.2. The van der Waals surface area contributed by atoms with Gasteiger partial charge >= 0.3 is 0 Å². The van der Waals surface area contributed by atoms with Gasteiger partial charge in [-0.1, -0.05) is 28.1 Å². The zero-order chi connectivity index (χ0) is 7.56. The lowest BCUT2D eigenvalue weighted by molar-refractivity contribution is 0.651. The average Bonchev–Trinajstić information content (AvgIpc) is 1.96. The summed E-state index contributed by atoms with van der Waals surface area (Å²) >= 11 is 3.21. The lowest BCUT2D eigenvalue weighted by Gasteiger charge is -1.92. The van der Waals surface area contributed by atoms with Crippen LogP contribution >= 0.6 is 15.9 Å². The molecule has 0 saturated heterocycles. The molecule has 1 aliphatic rings. The normalized spacial score (nSPS) is 18.9. The van der Waals surface area contributed by atoms with E-state index in [1.165, 1.54) is 6.08 Å². The second kappa shape index (κ2) is 3.15. The quantitative estimate of drug-likeness (QED) is 0.565. The SMILES string of the molecule is CC1=C(F)C=C(Br)C=CC1. The van der Waals surface area contributed by atoms with Crippen molar-refractivity contribution in [3.05, 3.63) is 34.1 Å². The number of rotatable bonds is 0. The lowest BCUT2D eigenvalue weighted by Crippen LogP contribution is -1.74. The summed E-state index contributed by atoms with van der Waals surface area (Å²) in [4.78, 5) is 0. The molecule has 0 amide bonds. The van der Waals surface area contributed by atoms with Gasteiger partial charge in [0.1, 0.15) is 5.83 Å². The highest BCUT2D eigenvalue weighted by Gasteiger charge is 2.00. The van der Waals surface area contributed by atoms with Gasteiger partial charge in [-0.2, -0.15) is 0 Å². The number of hydrogen-bond acceptors (Lipinski definition) is 0. The Kier molecular flexibility index (Phi) is 2.44. The summed E-state index contributed by atoms with van der Waals surface area (Å²) in [6.45, 7) is 1.79. The van der Waals surface area contributed by atoms with Gasteiger partial charge in [0, 0.05) is 4.48 Å². The van der Waals surface area contributed by atoms with Gasteiger partial charge < -0.3 is 0 Å². The Morgan fingerprint density at radius 1 is 1.60 bits per heavy atom. The molecule has 0 fully saturated rings. The Hall–Kier alpha value is -0.370. The van der Waals surface area contributed by atoms with E-state index in [9.17, 15) is 4.39 Å². The van der Waals surface area contributed by atoms with Gasteiger partial charge in [-0.15, -0.1) is 0 Å². The molecule has 0 aliphatic heterocycles. The maximum Gasteiger partial charge on any atom is 0.123 e.